The third kappa shape index (κ3) is 2.30. The summed E-state index contributed by atoms with van der Waals surface area (Å²) in [5.41, 5.74) is -0.310. The number of carbonyl (C=O) groups is 2. The van der Waals surface area contributed by atoms with Crippen LogP contribution in [-0.2, 0) is 16.1 Å². The Morgan fingerprint density at radius 1 is 1.29 bits per heavy atom. The molecule has 1 aliphatic heterocycles. The van der Waals surface area contributed by atoms with Crippen LogP contribution in [0.3, 0.4) is 0 Å². The molecule has 112 valence electrons. The van der Waals surface area contributed by atoms with Crippen molar-refractivity contribution in [2.45, 2.75) is 50.7 Å². The number of hydrogen-bond acceptors (Lipinski definition) is 2. The molecule has 21 heavy (non-hydrogen) atoms. The van der Waals surface area contributed by atoms with Crippen molar-refractivity contribution in [2.75, 3.05) is 0 Å². The normalized spacial score (nSPS) is 24.5. The lowest BCUT2D eigenvalue weighted by Gasteiger charge is -2.43. The molecular weight excluding hydrogens is 271 g/mol. The lowest BCUT2D eigenvalue weighted by atomic mass is 9.90. The van der Waals surface area contributed by atoms with Crippen LogP contribution in [0.2, 0.25) is 0 Å². The number of carbonyl (C=O) groups excluding carboxylic acids is 2. The summed E-state index contributed by atoms with van der Waals surface area (Å²) in [5, 5.41) is 2.90. The first kappa shape index (κ1) is 14.0. The number of nitrogens with one attached hydrogen (secondary N) is 1. The van der Waals surface area contributed by atoms with E-state index in [0.717, 1.165) is 12.8 Å². The van der Waals surface area contributed by atoms with Crippen molar-refractivity contribution < 1.29 is 14.0 Å². The van der Waals surface area contributed by atoms with Gasteiger partial charge in [-0.2, -0.15) is 0 Å². The Morgan fingerprint density at radius 3 is 2.62 bits per heavy atom. The van der Waals surface area contributed by atoms with Gasteiger partial charge in [0.1, 0.15) is 17.4 Å². The van der Waals surface area contributed by atoms with E-state index in [-0.39, 0.29) is 24.2 Å². The second-order valence-corrected chi connectivity index (χ2v) is 5.98. The monoisotopic (exact) mass is 290 g/mol. The highest BCUT2D eigenvalue weighted by Crippen LogP contribution is 2.35. The molecule has 1 N–H and O–H groups in total. The highest BCUT2D eigenvalue weighted by atomic mass is 19.1. The number of hydrogen-bond donors (Lipinski definition) is 1. The molecule has 4 nitrogen and oxygen atoms in total. The van der Waals surface area contributed by atoms with Crippen LogP contribution in [0.4, 0.5) is 4.39 Å². The van der Waals surface area contributed by atoms with Gasteiger partial charge in [0, 0.05) is 12.1 Å². The molecule has 0 aromatic heterocycles. The minimum atomic E-state index is -0.755. The third-order valence-corrected chi connectivity index (χ3v) is 4.64. The molecule has 1 spiro atoms. The van der Waals surface area contributed by atoms with E-state index in [9.17, 15) is 14.0 Å². The van der Waals surface area contributed by atoms with Gasteiger partial charge in [0.2, 0.25) is 11.8 Å². The SMILES string of the molecule is CC1C(=O)NC2(CCCC2)C(=O)N1Cc1ccccc1F. The van der Waals surface area contributed by atoms with Gasteiger partial charge in [-0.1, -0.05) is 31.0 Å². The van der Waals surface area contributed by atoms with Crippen molar-refractivity contribution in [2.24, 2.45) is 0 Å². The Kier molecular flexibility index (Phi) is 3.43. The van der Waals surface area contributed by atoms with E-state index in [4.69, 9.17) is 0 Å². The van der Waals surface area contributed by atoms with E-state index >= 15 is 0 Å². The quantitative estimate of drug-likeness (QED) is 0.905. The van der Waals surface area contributed by atoms with Gasteiger partial charge in [0.05, 0.1) is 0 Å². The number of halogens is 1. The van der Waals surface area contributed by atoms with E-state index in [2.05, 4.69) is 5.32 Å². The number of amides is 2. The van der Waals surface area contributed by atoms with Crippen molar-refractivity contribution >= 4 is 11.8 Å². The molecule has 1 unspecified atom stereocenters. The zero-order valence-corrected chi connectivity index (χ0v) is 12.1. The van der Waals surface area contributed by atoms with E-state index in [0.29, 0.717) is 18.4 Å². The zero-order valence-electron chi connectivity index (χ0n) is 12.1. The molecule has 0 bridgehead atoms. The fourth-order valence-electron chi connectivity index (χ4n) is 3.32. The molecule has 3 rings (SSSR count). The molecule has 1 saturated carbocycles. The van der Waals surface area contributed by atoms with Crippen LogP contribution in [0.15, 0.2) is 24.3 Å². The molecule has 1 aromatic rings. The van der Waals surface area contributed by atoms with Crippen molar-refractivity contribution in [3.05, 3.63) is 35.6 Å². The van der Waals surface area contributed by atoms with Gasteiger partial charge in [-0.05, 0) is 25.8 Å². The highest BCUT2D eigenvalue weighted by molar-refractivity contribution is 5.99. The molecule has 1 saturated heterocycles. The lowest BCUT2D eigenvalue weighted by Crippen LogP contribution is -2.68. The topological polar surface area (TPSA) is 49.4 Å². The fourth-order valence-corrected chi connectivity index (χ4v) is 3.32. The standard InChI is InChI=1S/C16H19FN2O2/c1-11-14(20)18-16(8-4-5-9-16)15(21)19(11)10-12-6-2-3-7-13(12)17/h2-3,6-7,11H,4-5,8-10H2,1H3,(H,18,20). The fraction of sp³-hybridized carbons (Fsp3) is 0.500. The average molecular weight is 290 g/mol. The minimum Gasteiger partial charge on any atom is -0.340 e. The molecule has 2 amide bonds. The maximum atomic E-state index is 13.8. The summed E-state index contributed by atoms with van der Waals surface area (Å²) in [4.78, 5) is 26.5. The third-order valence-electron chi connectivity index (χ3n) is 4.64. The van der Waals surface area contributed by atoms with Gasteiger partial charge in [0.25, 0.3) is 0 Å². The van der Waals surface area contributed by atoms with Crippen molar-refractivity contribution in [3.8, 4) is 0 Å². The second-order valence-electron chi connectivity index (χ2n) is 5.98. The van der Waals surface area contributed by atoms with Crippen molar-refractivity contribution in [1.29, 1.82) is 0 Å². The summed E-state index contributed by atoms with van der Waals surface area (Å²) in [7, 11) is 0. The Hall–Kier alpha value is -1.91. The van der Waals surface area contributed by atoms with Crippen LogP contribution in [0, 0.1) is 5.82 Å². The van der Waals surface area contributed by atoms with Gasteiger partial charge in [0.15, 0.2) is 0 Å². The summed E-state index contributed by atoms with van der Waals surface area (Å²) in [6.07, 6.45) is 3.23. The summed E-state index contributed by atoms with van der Waals surface area (Å²) in [6.45, 7) is 1.83. The van der Waals surface area contributed by atoms with E-state index in [1.54, 1.807) is 25.1 Å². The number of piperazine rings is 1. The van der Waals surface area contributed by atoms with Gasteiger partial charge in [-0.3, -0.25) is 9.59 Å². The van der Waals surface area contributed by atoms with Crippen LogP contribution < -0.4 is 5.32 Å². The Balaban J connectivity index is 1.90. The smallest absolute Gasteiger partial charge is 0.249 e. The Morgan fingerprint density at radius 2 is 1.95 bits per heavy atom. The van der Waals surface area contributed by atoms with Crippen LogP contribution in [0.25, 0.3) is 0 Å². The van der Waals surface area contributed by atoms with Crippen molar-refractivity contribution in [3.63, 3.8) is 0 Å². The maximum absolute atomic E-state index is 13.8. The van der Waals surface area contributed by atoms with Crippen LogP contribution in [0.1, 0.15) is 38.2 Å². The van der Waals surface area contributed by atoms with Gasteiger partial charge >= 0.3 is 0 Å². The predicted octanol–water partition coefficient (Wildman–Crippen LogP) is 1.99. The first-order valence-corrected chi connectivity index (χ1v) is 7.40. The van der Waals surface area contributed by atoms with Gasteiger partial charge in [-0.15, -0.1) is 0 Å². The number of rotatable bonds is 2. The number of benzene rings is 1. The molecule has 2 fully saturated rings. The summed E-state index contributed by atoms with van der Waals surface area (Å²) < 4.78 is 13.8. The Bertz CT molecular complexity index is 581. The van der Waals surface area contributed by atoms with Gasteiger partial charge in [-0.25, -0.2) is 4.39 Å². The Labute approximate surface area is 123 Å². The molecule has 1 aromatic carbocycles. The lowest BCUT2D eigenvalue weighted by molar-refractivity contribution is -0.154. The first-order valence-electron chi connectivity index (χ1n) is 7.40. The molecule has 2 aliphatic rings. The minimum absolute atomic E-state index is 0.0737. The van der Waals surface area contributed by atoms with Crippen LogP contribution >= 0.6 is 0 Å². The summed E-state index contributed by atoms with van der Waals surface area (Å²) >= 11 is 0. The van der Waals surface area contributed by atoms with E-state index < -0.39 is 11.6 Å². The molecule has 1 atom stereocenters. The maximum Gasteiger partial charge on any atom is 0.249 e. The van der Waals surface area contributed by atoms with Gasteiger partial charge < -0.3 is 10.2 Å². The van der Waals surface area contributed by atoms with E-state index in [1.807, 2.05) is 0 Å². The molecular formula is C16H19FN2O2. The summed E-state index contributed by atoms with van der Waals surface area (Å²) in [6, 6.07) is 5.82. The largest absolute Gasteiger partial charge is 0.340 e. The first-order chi connectivity index (χ1) is 10.0. The van der Waals surface area contributed by atoms with E-state index in [1.165, 1.54) is 11.0 Å². The molecule has 1 aliphatic carbocycles. The summed E-state index contributed by atoms with van der Waals surface area (Å²) in [5.74, 6) is -0.563. The average Bonchev–Trinajstić information content (AvgIpc) is 2.93. The van der Waals surface area contributed by atoms with Crippen LogP contribution in [0.5, 0.6) is 0 Å². The van der Waals surface area contributed by atoms with Crippen molar-refractivity contribution in [1.82, 2.24) is 10.2 Å². The molecule has 5 heteroatoms. The highest BCUT2D eigenvalue weighted by Gasteiger charge is 2.50. The number of nitrogens with zero attached hydrogens (tertiary/aromatic N) is 1. The predicted molar refractivity (Wildman–Crippen MR) is 75.8 cm³/mol. The zero-order chi connectivity index (χ0) is 15.0. The van der Waals surface area contributed by atoms with Crippen LogP contribution in [-0.4, -0.2) is 28.3 Å². The molecule has 1 heterocycles. The molecule has 0 radical (unpaired) electrons. The second kappa shape index (κ2) is 5.13.